The minimum Gasteiger partial charge on any atom is -0.465 e. The van der Waals surface area contributed by atoms with Crippen molar-refractivity contribution in [1.29, 1.82) is 0 Å². The van der Waals surface area contributed by atoms with Crippen molar-refractivity contribution in [3.8, 4) is 5.75 Å². The van der Waals surface area contributed by atoms with Crippen molar-refractivity contribution < 1.29 is 18.7 Å². The van der Waals surface area contributed by atoms with Crippen LogP contribution in [0.3, 0.4) is 0 Å². The zero-order valence-corrected chi connectivity index (χ0v) is 17.5. The lowest BCUT2D eigenvalue weighted by Gasteiger charge is -2.32. The Morgan fingerprint density at radius 3 is 2.72 bits per heavy atom. The van der Waals surface area contributed by atoms with E-state index < -0.39 is 6.29 Å². The number of hydrogen-bond donors (Lipinski definition) is 1. The Kier molecular flexibility index (Phi) is 7.18. The molecule has 9 heteroatoms. The van der Waals surface area contributed by atoms with E-state index in [0.717, 1.165) is 41.7 Å². The number of likely N-dealkylation sites (N-methyl/N-ethyl adjacent to an activating group) is 1. The lowest BCUT2D eigenvalue weighted by atomic mass is 10.3. The fourth-order valence-electron chi connectivity index (χ4n) is 2.92. The largest absolute Gasteiger partial charge is 0.465 e. The van der Waals surface area contributed by atoms with E-state index in [2.05, 4.69) is 26.8 Å². The fourth-order valence-corrected chi connectivity index (χ4v) is 3.79. The number of aromatic nitrogens is 2. The smallest absolute Gasteiger partial charge is 0.220 e. The first-order valence-electron chi connectivity index (χ1n) is 9.27. The molecule has 2 aromatic heterocycles. The summed E-state index contributed by atoms with van der Waals surface area (Å²) < 4.78 is 20.5. The number of aliphatic hydroxyl groups excluding tert-OH is 1. The van der Waals surface area contributed by atoms with Gasteiger partial charge < -0.3 is 24.1 Å². The highest BCUT2D eigenvalue weighted by Gasteiger charge is 2.16. The first-order chi connectivity index (χ1) is 14.1. The van der Waals surface area contributed by atoms with Crippen LogP contribution in [0.4, 0.5) is 9.52 Å². The van der Waals surface area contributed by atoms with Gasteiger partial charge in [0.2, 0.25) is 5.89 Å². The number of anilines is 1. The Morgan fingerprint density at radius 1 is 1.24 bits per heavy atom. The standard InChI is InChI=1S/C19H22N4O3S.CH3F/c1-13(24)25-14-3-5-16-17(11-14)26-18(21-16)6-4-15-12-20-19(27-15)23-9-7-22(2)8-10-23;1-2/h3-6,11-13,24H,7-10H2,1-2H3;1H3. The number of oxazole rings is 1. The minimum absolute atomic E-state index is 0.500. The van der Waals surface area contributed by atoms with Gasteiger partial charge in [-0.3, -0.25) is 4.39 Å². The molecule has 156 valence electrons. The minimum atomic E-state index is -0.870. The number of fused-ring (bicyclic) bond motifs is 1. The van der Waals surface area contributed by atoms with Crippen molar-refractivity contribution in [3.63, 3.8) is 0 Å². The summed E-state index contributed by atoms with van der Waals surface area (Å²) in [5, 5.41) is 10.4. The molecule has 1 unspecified atom stereocenters. The number of rotatable bonds is 5. The molecule has 0 bridgehead atoms. The topological polar surface area (TPSA) is 74.9 Å². The van der Waals surface area contributed by atoms with Crippen molar-refractivity contribution in [2.75, 3.05) is 45.3 Å². The molecule has 0 saturated carbocycles. The number of thiazole rings is 1. The molecule has 1 atom stereocenters. The second kappa shape index (κ2) is 9.82. The molecular formula is C20H25FN4O3S. The second-order valence-corrected chi connectivity index (χ2v) is 7.61. The third-order valence-corrected chi connectivity index (χ3v) is 5.38. The molecule has 1 aliphatic heterocycles. The van der Waals surface area contributed by atoms with Gasteiger partial charge in [0.05, 0.1) is 7.18 Å². The molecular weight excluding hydrogens is 395 g/mol. The zero-order valence-electron chi connectivity index (χ0n) is 16.7. The number of hydrogen-bond acceptors (Lipinski definition) is 8. The van der Waals surface area contributed by atoms with Crippen molar-refractivity contribution in [2.45, 2.75) is 13.2 Å². The second-order valence-electron chi connectivity index (χ2n) is 6.57. The summed E-state index contributed by atoms with van der Waals surface area (Å²) >= 11 is 1.67. The predicted molar refractivity (Wildman–Crippen MR) is 114 cm³/mol. The molecule has 0 aliphatic carbocycles. The molecule has 1 fully saturated rings. The number of aliphatic hydroxyl groups is 1. The summed E-state index contributed by atoms with van der Waals surface area (Å²) in [6, 6.07) is 5.30. The number of piperazine rings is 1. The maximum absolute atomic E-state index is 9.50. The van der Waals surface area contributed by atoms with Crippen LogP contribution in [0, 0.1) is 0 Å². The Labute approximate surface area is 173 Å². The fraction of sp³-hybridized carbons (Fsp3) is 0.400. The molecule has 1 N–H and O–H groups in total. The molecule has 4 rings (SSSR count). The van der Waals surface area contributed by atoms with E-state index in [1.54, 1.807) is 30.4 Å². The molecule has 1 aliphatic rings. The lowest BCUT2D eigenvalue weighted by molar-refractivity contribution is -0.000227. The van der Waals surface area contributed by atoms with Crippen molar-refractivity contribution >= 4 is 39.7 Å². The Bertz CT molecular complexity index is 948. The summed E-state index contributed by atoms with van der Waals surface area (Å²) in [6.07, 6.45) is 4.82. The maximum atomic E-state index is 9.50. The van der Waals surface area contributed by atoms with Gasteiger partial charge in [-0.2, -0.15) is 0 Å². The van der Waals surface area contributed by atoms with Gasteiger partial charge in [-0.15, -0.1) is 0 Å². The van der Waals surface area contributed by atoms with E-state index >= 15 is 0 Å². The van der Waals surface area contributed by atoms with Gasteiger partial charge in [0.15, 0.2) is 17.0 Å². The van der Waals surface area contributed by atoms with Crippen LogP contribution in [-0.2, 0) is 0 Å². The number of halogens is 1. The summed E-state index contributed by atoms with van der Waals surface area (Å²) in [5.41, 5.74) is 1.37. The van der Waals surface area contributed by atoms with Crippen LogP contribution in [0.25, 0.3) is 23.3 Å². The molecule has 3 aromatic rings. The van der Waals surface area contributed by atoms with Crippen LogP contribution < -0.4 is 9.64 Å². The van der Waals surface area contributed by atoms with Crippen LogP contribution in [0.1, 0.15) is 17.7 Å². The average molecular weight is 421 g/mol. The monoisotopic (exact) mass is 420 g/mol. The van der Waals surface area contributed by atoms with Gasteiger partial charge in [0.25, 0.3) is 0 Å². The van der Waals surface area contributed by atoms with Crippen LogP contribution in [-0.4, -0.2) is 66.7 Å². The van der Waals surface area contributed by atoms with Gasteiger partial charge in [-0.25, -0.2) is 9.97 Å². The third kappa shape index (κ3) is 5.53. The molecule has 1 saturated heterocycles. The Hall–Kier alpha value is -2.49. The van der Waals surface area contributed by atoms with Gasteiger partial charge in [-0.1, -0.05) is 11.3 Å². The predicted octanol–water partition coefficient (Wildman–Crippen LogP) is 3.51. The SMILES string of the molecule is CC(O)Oc1ccc2nc(C=Cc3cnc(N4CCN(C)CC4)s3)oc2c1.CF. The molecule has 1 aromatic carbocycles. The molecule has 0 spiro atoms. The first kappa shape index (κ1) is 21.2. The first-order valence-corrected chi connectivity index (χ1v) is 10.1. The highest BCUT2D eigenvalue weighted by molar-refractivity contribution is 7.16. The molecule has 29 heavy (non-hydrogen) atoms. The van der Waals surface area contributed by atoms with Crippen LogP contribution in [0.5, 0.6) is 5.75 Å². The van der Waals surface area contributed by atoms with E-state index in [9.17, 15) is 9.50 Å². The molecule has 3 heterocycles. The van der Waals surface area contributed by atoms with Crippen LogP contribution in [0.15, 0.2) is 28.8 Å². The summed E-state index contributed by atoms with van der Waals surface area (Å²) in [5.74, 6) is 1.07. The van der Waals surface area contributed by atoms with E-state index in [4.69, 9.17) is 9.15 Å². The van der Waals surface area contributed by atoms with Crippen molar-refractivity contribution in [2.24, 2.45) is 0 Å². The van der Waals surface area contributed by atoms with E-state index in [0.29, 0.717) is 24.4 Å². The average Bonchev–Trinajstić information content (AvgIpc) is 3.34. The van der Waals surface area contributed by atoms with Crippen molar-refractivity contribution in [3.05, 3.63) is 35.2 Å². The highest BCUT2D eigenvalue weighted by Crippen LogP contribution is 2.26. The number of alkyl halides is 1. The van der Waals surface area contributed by atoms with Crippen molar-refractivity contribution in [1.82, 2.24) is 14.9 Å². The lowest BCUT2D eigenvalue weighted by Crippen LogP contribution is -2.44. The third-order valence-electron chi connectivity index (χ3n) is 4.36. The molecule has 7 nitrogen and oxygen atoms in total. The number of nitrogens with zero attached hydrogens (tertiary/aromatic N) is 4. The van der Waals surface area contributed by atoms with E-state index in [-0.39, 0.29) is 0 Å². The zero-order chi connectivity index (χ0) is 20.8. The van der Waals surface area contributed by atoms with Gasteiger partial charge >= 0.3 is 0 Å². The van der Waals surface area contributed by atoms with Gasteiger partial charge in [0, 0.05) is 49.4 Å². The molecule has 0 amide bonds. The summed E-state index contributed by atoms with van der Waals surface area (Å²) in [4.78, 5) is 14.7. The maximum Gasteiger partial charge on any atom is 0.220 e. The van der Waals surface area contributed by atoms with E-state index in [1.807, 2.05) is 24.4 Å². The summed E-state index contributed by atoms with van der Waals surface area (Å²) in [7, 11) is 2.65. The van der Waals surface area contributed by atoms with Gasteiger partial charge in [0.1, 0.15) is 11.3 Å². The Morgan fingerprint density at radius 2 is 2.00 bits per heavy atom. The van der Waals surface area contributed by atoms with Crippen LogP contribution >= 0.6 is 11.3 Å². The number of benzene rings is 1. The van der Waals surface area contributed by atoms with Gasteiger partial charge in [-0.05, 0) is 32.2 Å². The molecule has 0 radical (unpaired) electrons. The number of ether oxygens (including phenoxy) is 1. The normalized spacial score (nSPS) is 16.1. The Balaban J connectivity index is 0.00000117. The highest BCUT2D eigenvalue weighted by atomic mass is 32.1. The quantitative estimate of drug-likeness (QED) is 0.633. The van der Waals surface area contributed by atoms with Crippen LogP contribution in [0.2, 0.25) is 0 Å². The van der Waals surface area contributed by atoms with E-state index in [1.165, 1.54) is 0 Å². The summed E-state index contributed by atoms with van der Waals surface area (Å²) in [6.45, 7) is 5.71.